The zero-order chi connectivity index (χ0) is 16.4. The topological polar surface area (TPSA) is 98.6 Å². The van der Waals surface area contributed by atoms with E-state index in [9.17, 15) is 4.79 Å². The quantitative estimate of drug-likeness (QED) is 0.582. The van der Waals surface area contributed by atoms with E-state index in [4.69, 9.17) is 21.3 Å². The number of benzene rings is 2. The van der Waals surface area contributed by atoms with E-state index in [2.05, 4.69) is 24.3 Å². The minimum Gasteiger partial charge on any atom is -0.476 e. The van der Waals surface area contributed by atoms with Crippen LogP contribution < -0.4 is 16.2 Å². The SMILES string of the molecule is N/C(Oc1ccc(-c2ccc(C3CC3)cc2)cc1)=C(\N)C(=O)O. The lowest BCUT2D eigenvalue weighted by atomic mass is 10.0. The van der Waals surface area contributed by atoms with Crippen LogP contribution in [-0.2, 0) is 4.79 Å². The Bertz CT molecular complexity index is 745. The summed E-state index contributed by atoms with van der Waals surface area (Å²) in [7, 11) is 0. The van der Waals surface area contributed by atoms with Gasteiger partial charge in [0.15, 0.2) is 5.70 Å². The summed E-state index contributed by atoms with van der Waals surface area (Å²) in [5.74, 6) is -0.451. The zero-order valence-electron chi connectivity index (χ0n) is 12.5. The molecule has 0 radical (unpaired) electrons. The van der Waals surface area contributed by atoms with Gasteiger partial charge in [0.25, 0.3) is 0 Å². The van der Waals surface area contributed by atoms with Gasteiger partial charge in [0.05, 0.1) is 0 Å². The number of rotatable bonds is 5. The van der Waals surface area contributed by atoms with Gasteiger partial charge in [-0.05, 0) is 47.6 Å². The van der Waals surface area contributed by atoms with E-state index in [1.54, 1.807) is 12.1 Å². The van der Waals surface area contributed by atoms with Crippen molar-refractivity contribution >= 4 is 5.97 Å². The van der Waals surface area contributed by atoms with E-state index < -0.39 is 11.7 Å². The summed E-state index contributed by atoms with van der Waals surface area (Å²) in [6.07, 6.45) is 2.58. The van der Waals surface area contributed by atoms with Gasteiger partial charge in [0.2, 0.25) is 5.88 Å². The maximum Gasteiger partial charge on any atom is 0.357 e. The van der Waals surface area contributed by atoms with Crippen LogP contribution in [0.2, 0.25) is 0 Å². The molecular formula is C18H18N2O3. The summed E-state index contributed by atoms with van der Waals surface area (Å²) < 4.78 is 5.24. The van der Waals surface area contributed by atoms with Crippen molar-refractivity contribution in [1.82, 2.24) is 0 Å². The lowest BCUT2D eigenvalue weighted by Gasteiger charge is -2.08. The molecule has 1 saturated carbocycles. The lowest BCUT2D eigenvalue weighted by Crippen LogP contribution is -2.21. The average Bonchev–Trinajstić information content (AvgIpc) is 3.40. The number of carbonyl (C=O) groups is 1. The van der Waals surface area contributed by atoms with Crippen LogP contribution in [0, 0.1) is 0 Å². The second-order valence-corrected chi connectivity index (χ2v) is 5.61. The third-order valence-electron chi connectivity index (χ3n) is 3.87. The molecule has 118 valence electrons. The van der Waals surface area contributed by atoms with E-state index in [0.717, 1.165) is 17.0 Å². The number of carboxylic acids is 1. The molecule has 0 saturated heterocycles. The third-order valence-corrected chi connectivity index (χ3v) is 3.87. The standard InChI is InChI=1S/C18H18N2O3/c19-16(18(21)22)17(20)23-15-9-7-14(8-10-15)13-5-3-12(4-6-13)11-1-2-11/h3-11H,1-2,19-20H2,(H,21,22)/b17-16+. The molecule has 0 heterocycles. The molecule has 1 aliphatic rings. The fourth-order valence-corrected chi connectivity index (χ4v) is 2.37. The number of aliphatic carboxylic acids is 1. The summed E-state index contributed by atoms with van der Waals surface area (Å²) >= 11 is 0. The molecule has 23 heavy (non-hydrogen) atoms. The van der Waals surface area contributed by atoms with Crippen molar-refractivity contribution in [3.05, 3.63) is 65.7 Å². The van der Waals surface area contributed by atoms with Crippen molar-refractivity contribution < 1.29 is 14.6 Å². The first-order valence-corrected chi connectivity index (χ1v) is 7.41. The fourth-order valence-electron chi connectivity index (χ4n) is 2.37. The maximum atomic E-state index is 10.7. The van der Waals surface area contributed by atoms with Crippen LogP contribution >= 0.6 is 0 Å². The average molecular weight is 310 g/mol. The van der Waals surface area contributed by atoms with Crippen LogP contribution in [0.1, 0.15) is 24.3 Å². The summed E-state index contributed by atoms with van der Waals surface area (Å²) in [5.41, 5.74) is 13.9. The largest absolute Gasteiger partial charge is 0.476 e. The molecule has 1 aliphatic carbocycles. The molecule has 3 rings (SSSR count). The molecular weight excluding hydrogens is 292 g/mol. The highest BCUT2D eigenvalue weighted by atomic mass is 16.5. The molecule has 0 aromatic heterocycles. The van der Waals surface area contributed by atoms with Crippen molar-refractivity contribution in [3.63, 3.8) is 0 Å². The molecule has 2 aromatic rings. The first-order chi connectivity index (χ1) is 11.0. The molecule has 5 heteroatoms. The monoisotopic (exact) mass is 310 g/mol. The van der Waals surface area contributed by atoms with Gasteiger partial charge >= 0.3 is 5.97 Å². The second-order valence-electron chi connectivity index (χ2n) is 5.61. The Morgan fingerprint density at radius 2 is 1.48 bits per heavy atom. The van der Waals surface area contributed by atoms with Gasteiger partial charge in [-0.2, -0.15) is 0 Å². The van der Waals surface area contributed by atoms with Crippen molar-refractivity contribution in [1.29, 1.82) is 0 Å². The van der Waals surface area contributed by atoms with Crippen molar-refractivity contribution in [2.45, 2.75) is 18.8 Å². The van der Waals surface area contributed by atoms with Crippen LogP contribution in [0.4, 0.5) is 0 Å². The van der Waals surface area contributed by atoms with Crippen LogP contribution in [-0.4, -0.2) is 11.1 Å². The van der Waals surface area contributed by atoms with E-state index in [1.807, 2.05) is 12.1 Å². The van der Waals surface area contributed by atoms with E-state index in [1.165, 1.54) is 18.4 Å². The van der Waals surface area contributed by atoms with Gasteiger partial charge in [-0.25, -0.2) is 4.79 Å². The molecule has 0 bridgehead atoms. The number of nitrogens with two attached hydrogens (primary N) is 2. The number of hydrogen-bond donors (Lipinski definition) is 3. The Morgan fingerprint density at radius 3 is 1.96 bits per heavy atom. The number of ether oxygens (including phenoxy) is 1. The molecule has 0 spiro atoms. The molecule has 0 atom stereocenters. The van der Waals surface area contributed by atoms with Gasteiger partial charge < -0.3 is 21.3 Å². The van der Waals surface area contributed by atoms with E-state index >= 15 is 0 Å². The summed E-state index contributed by atoms with van der Waals surface area (Å²) in [6, 6.07) is 15.8. The van der Waals surface area contributed by atoms with Gasteiger partial charge in [0, 0.05) is 0 Å². The highest BCUT2D eigenvalue weighted by Crippen LogP contribution is 2.40. The summed E-state index contributed by atoms with van der Waals surface area (Å²) in [4.78, 5) is 10.7. The van der Waals surface area contributed by atoms with Crippen molar-refractivity contribution in [2.24, 2.45) is 11.5 Å². The molecule has 2 aromatic carbocycles. The summed E-state index contributed by atoms with van der Waals surface area (Å²) in [6.45, 7) is 0. The Labute approximate surface area is 134 Å². The number of hydrogen-bond acceptors (Lipinski definition) is 4. The Hall–Kier alpha value is -2.95. The number of carboxylic acid groups (broad SMARTS) is 1. The molecule has 1 fully saturated rings. The first-order valence-electron chi connectivity index (χ1n) is 7.41. The normalized spacial score (nSPS) is 15.0. The van der Waals surface area contributed by atoms with Gasteiger partial charge in [0.1, 0.15) is 5.75 Å². The molecule has 0 amide bonds. The van der Waals surface area contributed by atoms with Gasteiger partial charge in [-0.15, -0.1) is 0 Å². The molecule has 5 N–H and O–H groups in total. The Balaban J connectivity index is 1.74. The minimum atomic E-state index is -1.31. The summed E-state index contributed by atoms with van der Waals surface area (Å²) in [5, 5.41) is 8.75. The van der Waals surface area contributed by atoms with Crippen LogP contribution in [0.25, 0.3) is 11.1 Å². The highest BCUT2D eigenvalue weighted by molar-refractivity contribution is 5.85. The predicted molar refractivity (Wildman–Crippen MR) is 87.5 cm³/mol. The zero-order valence-corrected chi connectivity index (χ0v) is 12.5. The highest BCUT2D eigenvalue weighted by Gasteiger charge is 2.22. The van der Waals surface area contributed by atoms with E-state index in [0.29, 0.717) is 5.75 Å². The van der Waals surface area contributed by atoms with Gasteiger partial charge in [-0.3, -0.25) is 0 Å². The lowest BCUT2D eigenvalue weighted by molar-refractivity contribution is -0.132. The van der Waals surface area contributed by atoms with Crippen molar-refractivity contribution in [2.75, 3.05) is 0 Å². The van der Waals surface area contributed by atoms with E-state index in [-0.39, 0.29) is 5.88 Å². The van der Waals surface area contributed by atoms with Crippen LogP contribution in [0.5, 0.6) is 5.75 Å². The maximum absolute atomic E-state index is 10.7. The second kappa shape index (κ2) is 6.04. The molecule has 5 nitrogen and oxygen atoms in total. The predicted octanol–water partition coefficient (Wildman–Crippen LogP) is 2.78. The van der Waals surface area contributed by atoms with Crippen LogP contribution in [0.3, 0.4) is 0 Å². The smallest absolute Gasteiger partial charge is 0.357 e. The van der Waals surface area contributed by atoms with Gasteiger partial charge in [-0.1, -0.05) is 36.4 Å². The van der Waals surface area contributed by atoms with Crippen molar-refractivity contribution in [3.8, 4) is 16.9 Å². The molecule has 0 aliphatic heterocycles. The van der Waals surface area contributed by atoms with Crippen LogP contribution in [0.15, 0.2) is 60.1 Å². The Kier molecular flexibility index (Phi) is 3.93. The Morgan fingerprint density at radius 1 is 0.957 bits per heavy atom. The molecule has 0 unspecified atom stereocenters. The minimum absolute atomic E-state index is 0.320. The first kappa shape index (κ1) is 15.0. The third kappa shape index (κ3) is 3.45. The fraction of sp³-hybridized carbons (Fsp3) is 0.167.